The predicted molar refractivity (Wildman–Crippen MR) is 115 cm³/mol. The van der Waals surface area contributed by atoms with E-state index in [1.54, 1.807) is 11.1 Å². The SMILES string of the molecule is C[C@H]1COC(=O)N1c1ccc2cnc(Nc3cn(C4CCCCC4)nc3Cl)nc2c1. The number of carbonyl (C=O) groups is 1. The summed E-state index contributed by atoms with van der Waals surface area (Å²) in [5.74, 6) is 0.432. The average Bonchev–Trinajstić information content (AvgIpc) is 3.29. The number of rotatable bonds is 4. The summed E-state index contributed by atoms with van der Waals surface area (Å²) in [6.07, 6.45) is 9.35. The lowest BCUT2D eigenvalue weighted by molar-refractivity contribution is 0.179. The third-order valence-corrected chi connectivity index (χ3v) is 6.09. The largest absolute Gasteiger partial charge is 0.447 e. The highest BCUT2D eigenvalue weighted by atomic mass is 35.5. The summed E-state index contributed by atoms with van der Waals surface area (Å²) >= 11 is 6.37. The van der Waals surface area contributed by atoms with Gasteiger partial charge in [0.25, 0.3) is 0 Å². The van der Waals surface area contributed by atoms with Gasteiger partial charge in [-0.15, -0.1) is 0 Å². The first-order valence-electron chi connectivity index (χ1n) is 10.3. The zero-order valence-corrected chi connectivity index (χ0v) is 17.5. The van der Waals surface area contributed by atoms with E-state index in [1.165, 1.54) is 19.3 Å². The number of ether oxygens (including phenoxy) is 1. The van der Waals surface area contributed by atoms with Crippen molar-refractivity contribution < 1.29 is 9.53 Å². The van der Waals surface area contributed by atoms with Crippen LogP contribution in [0.5, 0.6) is 0 Å². The molecule has 2 fully saturated rings. The Morgan fingerprint density at radius 2 is 2.07 bits per heavy atom. The maximum atomic E-state index is 12.0. The third kappa shape index (κ3) is 3.56. The van der Waals surface area contributed by atoms with E-state index >= 15 is 0 Å². The Hall–Kier alpha value is -2.87. The number of hydrogen-bond acceptors (Lipinski definition) is 6. The fraction of sp³-hybridized carbons (Fsp3) is 0.429. The maximum Gasteiger partial charge on any atom is 0.414 e. The molecular weight excluding hydrogens is 404 g/mol. The molecule has 0 unspecified atom stereocenters. The van der Waals surface area contributed by atoms with Crippen molar-refractivity contribution in [3.63, 3.8) is 0 Å². The standard InChI is InChI=1S/C21H23ClN6O2/c1-13-12-30-21(29)28(13)16-8-7-14-10-23-20(24-17(14)9-16)25-18-11-27(26-19(18)22)15-5-3-2-4-6-15/h7-11,13,15H,2-6,12H2,1H3,(H,23,24,25)/t13-/m0/s1. The Balaban J connectivity index is 1.41. The van der Waals surface area contributed by atoms with Crippen LogP contribution in [0.25, 0.3) is 10.9 Å². The Kier molecular flexibility index (Phi) is 4.94. The summed E-state index contributed by atoms with van der Waals surface area (Å²) in [7, 11) is 0. The van der Waals surface area contributed by atoms with Crippen molar-refractivity contribution in [2.24, 2.45) is 0 Å². The Morgan fingerprint density at radius 1 is 1.23 bits per heavy atom. The molecule has 1 saturated heterocycles. The highest BCUT2D eigenvalue weighted by Crippen LogP contribution is 2.32. The van der Waals surface area contributed by atoms with E-state index < -0.39 is 0 Å². The zero-order chi connectivity index (χ0) is 20.7. The summed E-state index contributed by atoms with van der Waals surface area (Å²) < 4.78 is 7.09. The lowest BCUT2D eigenvalue weighted by atomic mass is 9.96. The number of amides is 1. The van der Waals surface area contributed by atoms with Gasteiger partial charge in [-0.05, 0) is 38.0 Å². The van der Waals surface area contributed by atoms with E-state index in [4.69, 9.17) is 16.3 Å². The van der Waals surface area contributed by atoms with Crippen LogP contribution in [0.1, 0.15) is 45.1 Å². The van der Waals surface area contributed by atoms with Crippen molar-refractivity contribution in [3.05, 3.63) is 35.7 Å². The highest BCUT2D eigenvalue weighted by molar-refractivity contribution is 6.32. The van der Waals surface area contributed by atoms with Gasteiger partial charge in [0, 0.05) is 17.3 Å². The molecular formula is C21H23ClN6O2. The van der Waals surface area contributed by atoms with Crippen LogP contribution in [0.15, 0.2) is 30.6 Å². The number of benzene rings is 1. The molecule has 156 valence electrons. The highest BCUT2D eigenvalue weighted by Gasteiger charge is 2.31. The van der Waals surface area contributed by atoms with Crippen LogP contribution < -0.4 is 10.2 Å². The molecule has 1 atom stereocenters. The van der Waals surface area contributed by atoms with Crippen molar-refractivity contribution in [1.29, 1.82) is 0 Å². The molecule has 1 aliphatic carbocycles. The summed E-state index contributed by atoms with van der Waals surface area (Å²) in [6, 6.07) is 6.04. The van der Waals surface area contributed by atoms with Crippen molar-refractivity contribution in [1.82, 2.24) is 19.7 Å². The third-order valence-electron chi connectivity index (χ3n) is 5.81. The van der Waals surface area contributed by atoms with E-state index in [1.807, 2.05) is 36.0 Å². The molecule has 3 heterocycles. The number of nitrogens with zero attached hydrogens (tertiary/aromatic N) is 5. The molecule has 30 heavy (non-hydrogen) atoms. The van der Waals surface area contributed by atoms with Gasteiger partial charge in [-0.2, -0.15) is 5.10 Å². The van der Waals surface area contributed by atoms with E-state index in [0.29, 0.717) is 29.4 Å². The molecule has 8 nitrogen and oxygen atoms in total. The number of anilines is 3. The summed E-state index contributed by atoms with van der Waals surface area (Å²) in [6.45, 7) is 2.34. The summed E-state index contributed by atoms with van der Waals surface area (Å²) in [5, 5.41) is 8.96. The molecule has 0 radical (unpaired) electrons. The Labute approximate surface area is 179 Å². The molecule has 1 N–H and O–H groups in total. The second kappa shape index (κ2) is 7.75. The van der Waals surface area contributed by atoms with Gasteiger partial charge in [-0.1, -0.05) is 30.9 Å². The fourth-order valence-electron chi connectivity index (χ4n) is 4.20. The number of aromatic nitrogens is 4. The van der Waals surface area contributed by atoms with Crippen molar-refractivity contribution >= 4 is 45.9 Å². The molecule has 1 aromatic carbocycles. The molecule has 0 bridgehead atoms. The fourth-order valence-corrected chi connectivity index (χ4v) is 4.39. The minimum atomic E-state index is -0.337. The summed E-state index contributed by atoms with van der Waals surface area (Å²) in [4.78, 5) is 22.7. The minimum Gasteiger partial charge on any atom is -0.447 e. The van der Waals surface area contributed by atoms with Gasteiger partial charge in [-0.3, -0.25) is 9.58 Å². The van der Waals surface area contributed by atoms with Crippen LogP contribution in [0, 0.1) is 0 Å². The average molecular weight is 427 g/mol. The molecule has 1 amide bonds. The first kappa shape index (κ1) is 19.1. The topological polar surface area (TPSA) is 85.2 Å². The smallest absolute Gasteiger partial charge is 0.414 e. The maximum absolute atomic E-state index is 12.0. The minimum absolute atomic E-state index is 0.0150. The molecule has 9 heteroatoms. The molecule has 2 aromatic heterocycles. The van der Waals surface area contributed by atoms with Crippen LogP contribution in [-0.2, 0) is 4.74 Å². The van der Waals surface area contributed by atoms with Gasteiger partial charge in [0.15, 0.2) is 5.15 Å². The summed E-state index contributed by atoms with van der Waals surface area (Å²) in [5.41, 5.74) is 2.17. The van der Waals surface area contributed by atoms with E-state index in [-0.39, 0.29) is 12.1 Å². The van der Waals surface area contributed by atoms with Gasteiger partial charge in [-0.25, -0.2) is 14.8 Å². The predicted octanol–water partition coefficient (Wildman–Crippen LogP) is 5.07. The van der Waals surface area contributed by atoms with Crippen LogP contribution in [0.4, 0.5) is 22.1 Å². The lowest BCUT2D eigenvalue weighted by Crippen LogP contribution is -2.30. The normalized spacial score (nSPS) is 20.0. The van der Waals surface area contributed by atoms with Gasteiger partial charge >= 0.3 is 6.09 Å². The molecule has 5 rings (SSSR count). The molecule has 2 aliphatic rings. The van der Waals surface area contributed by atoms with E-state index in [0.717, 1.165) is 29.4 Å². The number of cyclic esters (lactones) is 1. The number of nitrogens with one attached hydrogen (secondary N) is 1. The lowest BCUT2D eigenvalue weighted by Gasteiger charge is -2.21. The van der Waals surface area contributed by atoms with Crippen molar-refractivity contribution in [3.8, 4) is 0 Å². The first-order chi connectivity index (χ1) is 14.6. The number of halogens is 1. The van der Waals surface area contributed by atoms with E-state index in [9.17, 15) is 4.79 Å². The first-order valence-corrected chi connectivity index (χ1v) is 10.7. The Bertz CT molecular complexity index is 1090. The quantitative estimate of drug-likeness (QED) is 0.626. The molecule has 0 spiro atoms. The molecule has 1 aliphatic heterocycles. The van der Waals surface area contributed by atoms with Gasteiger partial charge < -0.3 is 10.1 Å². The van der Waals surface area contributed by atoms with Crippen LogP contribution in [-0.4, -0.2) is 38.5 Å². The van der Waals surface area contributed by atoms with Gasteiger partial charge in [0.2, 0.25) is 5.95 Å². The van der Waals surface area contributed by atoms with Crippen molar-refractivity contribution in [2.45, 2.75) is 51.1 Å². The van der Waals surface area contributed by atoms with Crippen LogP contribution in [0.3, 0.4) is 0 Å². The number of hydrogen-bond donors (Lipinski definition) is 1. The number of carbonyl (C=O) groups excluding carboxylic acids is 1. The second-order valence-corrected chi connectivity index (χ2v) is 8.32. The van der Waals surface area contributed by atoms with Crippen LogP contribution >= 0.6 is 11.6 Å². The Morgan fingerprint density at radius 3 is 2.83 bits per heavy atom. The molecule has 1 saturated carbocycles. The molecule has 3 aromatic rings. The van der Waals surface area contributed by atoms with E-state index in [2.05, 4.69) is 20.4 Å². The second-order valence-electron chi connectivity index (χ2n) is 7.96. The zero-order valence-electron chi connectivity index (χ0n) is 16.7. The monoisotopic (exact) mass is 426 g/mol. The van der Waals surface area contributed by atoms with Crippen molar-refractivity contribution in [2.75, 3.05) is 16.8 Å². The van der Waals surface area contributed by atoms with Crippen LogP contribution in [0.2, 0.25) is 5.15 Å². The van der Waals surface area contributed by atoms with Gasteiger partial charge in [0.05, 0.1) is 29.5 Å². The van der Waals surface area contributed by atoms with Gasteiger partial charge in [0.1, 0.15) is 6.61 Å². The number of fused-ring (bicyclic) bond motifs is 1.